The smallest absolute Gasteiger partial charge is 0.335 e. The second-order valence-electron chi connectivity index (χ2n) is 4.79. The van der Waals surface area contributed by atoms with Gasteiger partial charge in [-0.25, -0.2) is 9.78 Å². The highest BCUT2D eigenvalue weighted by Crippen LogP contribution is 2.30. The van der Waals surface area contributed by atoms with Crippen molar-refractivity contribution in [2.45, 2.75) is 0 Å². The van der Waals surface area contributed by atoms with Gasteiger partial charge in [0.05, 0.1) is 23.4 Å². The number of rotatable bonds is 4. The van der Waals surface area contributed by atoms with Gasteiger partial charge in [-0.05, 0) is 24.3 Å². The van der Waals surface area contributed by atoms with Crippen molar-refractivity contribution in [1.29, 1.82) is 0 Å². The Balaban J connectivity index is 1.90. The van der Waals surface area contributed by atoms with Crippen LogP contribution in [0.25, 0.3) is 11.5 Å². The predicted molar refractivity (Wildman–Crippen MR) is 89.7 cm³/mol. The van der Waals surface area contributed by atoms with Crippen molar-refractivity contribution in [2.75, 3.05) is 0 Å². The fourth-order valence-corrected chi connectivity index (χ4v) is 2.46. The summed E-state index contributed by atoms with van der Waals surface area (Å²) in [6, 6.07) is 13.3. The molecule has 3 rings (SSSR count). The highest BCUT2D eigenvalue weighted by molar-refractivity contribution is 9.10. The van der Waals surface area contributed by atoms with E-state index in [4.69, 9.17) is 9.52 Å². The van der Waals surface area contributed by atoms with Crippen LogP contribution in [0.4, 0.5) is 5.69 Å². The van der Waals surface area contributed by atoms with Crippen LogP contribution >= 0.6 is 15.9 Å². The number of aromatic nitrogens is 1. The molecule has 0 unspecified atom stereocenters. The Bertz CT molecular complexity index is 934. The van der Waals surface area contributed by atoms with Crippen molar-refractivity contribution in [1.82, 2.24) is 4.98 Å². The largest absolute Gasteiger partial charge is 0.562 e. The van der Waals surface area contributed by atoms with E-state index in [-0.39, 0.29) is 17.1 Å². The van der Waals surface area contributed by atoms with Crippen LogP contribution in [0.3, 0.4) is 0 Å². The molecule has 0 aliphatic rings. The van der Waals surface area contributed by atoms with Crippen LogP contribution in [0.1, 0.15) is 16.1 Å². The topological polar surface area (TPSA) is 98.8 Å². The fourth-order valence-electron chi connectivity index (χ4n) is 2.00. The Kier molecular flexibility index (Phi) is 4.43. The van der Waals surface area contributed by atoms with Crippen molar-refractivity contribution in [3.8, 4) is 17.4 Å². The molecule has 6 nitrogen and oxygen atoms in total. The van der Waals surface area contributed by atoms with Crippen LogP contribution in [-0.4, -0.2) is 22.3 Å². The molecule has 0 atom stereocenters. The number of hydrogen-bond acceptors (Lipinski definition) is 5. The standard InChI is InChI=1S/C17H11BrN2O4/c18-13-7-2-1-6-12(13)15-20-14(17(23)24-15)9-19-11-5-3-4-10(8-11)16(21)22/h1-9,23H,(H,21,22)/p-1. The van der Waals surface area contributed by atoms with Gasteiger partial charge in [-0.1, -0.05) is 40.2 Å². The van der Waals surface area contributed by atoms with Gasteiger partial charge in [0, 0.05) is 10.0 Å². The molecule has 0 spiro atoms. The van der Waals surface area contributed by atoms with Crippen LogP contribution in [0, 0.1) is 0 Å². The van der Waals surface area contributed by atoms with Crippen molar-refractivity contribution in [3.63, 3.8) is 0 Å². The second-order valence-corrected chi connectivity index (χ2v) is 5.64. The lowest BCUT2D eigenvalue weighted by Crippen LogP contribution is -1.95. The number of hydrogen-bond donors (Lipinski definition) is 1. The molecule has 0 radical (unpaired) electrons. The molecule has 24 heavy (non-hydrogen) atoms. The van der Waals surface area contributed by atoms with E-state index >= 15 is 0 Å². The number of aromatic carboxylic acids is 1. The van der Waals surface area contributed by atoms with E-state index in [0.29, 0.717) is 11.3 Å². The number of halogens is 1. The Hall–Kier alpha value is -2.93. The van der Waals surface area contributed by atoms with E-state index in [1.807, 2.05) is 12.1 Å². The van der Waals surface area contributed by atoms with Crippen LogP contribution < -0.4 is 5.11 Å². The van der Waals surface area contributed by atoms with Crippen LogP contribution in [-0.2, 0) is 0 Å². The molecule has 0 saturated heterocycles. The molecule has 3 aromatic rings. The number of nitrogens with zero attached hydrogens (tertiary/aromatic N) is 2. The molecule has 0 saturated carbocycles. The summed E-state index contributed by atoms with van der Waals surface area (Å²) in [6.45, 7) is 0. The Morgan fingerprint density at radius 2 is 2.04 bits per heavy atom. The normalized spacial score (nSPS) is 11.0. The maximum Gasteiger partial charge on any atom is 0.335 e. The molecule has 1 heterocycles. The summed E-state index contributed by atoms with van der Waals surface area (Å²) in [5.41, 5.74) is 1.21. The summed E-state index contributed by atoms with van der Waals surface area (Å²) >= 11 is 3.37. The number of oxazole rings is 1. The maximum atomic E-state index is 11.9. The molecular formula is C17H10BrN2O4-. The average Bonchev–Trinajstić information content (AvgIpc) is 2.94. The Morgan fingerprint density at radius 3 is 2.79 bits per heavy atom. The number of carboxylic acids is 1. The van der Waals surface area contributed by atoms with Gasteiger partial charge in [-0.3, -0.25) is 4.99 Å². The van der Waals surface area contributed by atoms with Crippen molar-refractivity contribution in [2.24, 2.45) is 4.99 Å². The van der Waals surface area contributed by atoms with Crippen molar-refractivity contribution in [3.05, 3.63) is 64.3 Å². The molecule has 120 valence electrons. The number of carboxylic acid groups (broad SMARTS) is 1. The van der Waals surface area contributed by atoms with E-state index in [1.165, 1.54) is 18.3 Å². The van der Waals surface area contributed by atoms with Gasteiger partial charge in [0.15, 0.2) is 0 Å². The summed E-state index contributed by atoms with van der Waals surface area (Å²) in [4.78, 5) is 19.2. The molecule has 1 N–H and O–H groups in total. The molecule has 2 aromatic carbocycles. The number of aliphatic imine (C=N–C) groups is 1. The van der Waals surface area contributed by atoms with Crippen LogP contribution in [0.2, 0.25) is 0 Å². The first-order valence-electron chi connectivity index (χ1n) is 6.85. The van der Waals surface area contributed by atoms with Gasteiger partial charge >= 0.3 is 5.97 Å². The highest BCUT2D eigenvalue weighted by atomic mass is 79.9. The van der Waals surface area contributed by atoms with Crippen LogP contribution in [0.5, 0.6) is 5.95 Å². The van der Waals surface area contributed by atoms with E-state index in [0.717, 1.165) is 4.47 Å². The lowest BCUT2D eigenvalue weighted by Gasteiger charge is -2.02. The minimum absolute atomic E-state index is 0.0430. The molecule has 7 heteroatoms. The molecule has 0 aliphatic heterocycles. The monoisotopic (exact) mass is 385 g/mol. The first-order chi connectivity index (χ1) is 11.5. The third kappa shape index (κ3) is 3.36. The molecule has 1 aromatic heterocycles. The summed E-state index contributed by atoms with van der Waals surface area (Å²) in [7, 11) is 0. The van der Waals surface area contributed by atoms with E-state index in [2.05, 4.69) is 25.9 Å². The van der Waals surface area contributed by atoms with E-state index in [9.17, 15) is 9.90 Å². The lowest BCUT2D eigenvalue weighted by atomic mass is 10.2. The van der Waals surface area contributed by atoms with Gasteiger partial charge in [0.25, 0.3) is 0 Å². The van der Waals surface area contributed by atoms with Gasteiger partial charge in [-0.2, -0.15) is 0 Å². The zero-order chi connectivity index (χ0) is 17.1. The summed E-state index contributed by atoms with van der Waals surface area (Å²) in [5.74, 6) is -1.47. The zero-order valence-electron chi connectivity index (χ0n) is 12.1. The van der Waals surface area contributed by atoms with E-state index in [1.54, 1.807) is 24.3 Å². The highest BCUT2D eigenvalue weighted by Gasteiger charge is 2.07. The number of benzene rings is 2. The number of carbonyl (C=O) groups is 1. The average molecular weight is 386 g/mol. The third-order valence-corrected chi connectivity index (χ3v) is 3.85. The van der Waals surface area contributed by atoms with Gasteiger partial charge in [0.1, 0.15) is 11.6 Å². The molecular weight excluding hydrogens is 376 g/mol. The summed E-state index contributed by atoms with van der Waals surface area (Å²) in [5, 5.41) is 20.9. The zero-order valence-corrected chi connectivity index (χ0v) is 13.7. The third-order valence-electron chi connectivity index (χ3n) is 3.15. The maximum absolute atomic E-state index is 11.9. The van der Waals surface area contributed by atoms with E-state index < -0.39 is 11.9 Å². The van der Waals surface area contributed by atoms with Gasteiger partial charge in [0.2, 0.25) is 0 Å². The first-order valence-corrected chi connectivity index (χ1v) is 7.64. The molecule has 0 fully saturated rings. The minimum atomic E-state index is -1.05. The lowest BCUT2D eigenvalue weighted by molar-refractivity contribution is -0.293. The summed E-state index contributed by atoms with van der Waals surface area (Å²) < 4.78 is 5.90. The van der Waals surface area contributed by atoms with Crippen molar-refractivity contribution < 1.29 is 19.4 Å². The predicted octanol–water partition coefficient (Wildman–Crippen LogP) is 3.63. The minimum Gasteiger partial charge on any atom is -0.562 e. The second kappa shape index (κ2) is 6.67. The van der Waals surface area contributed by atoms with Gasteiger partial charge in [-0.15, -0.1) is 0 Å². The molecule has 0 amide bonds. The SMILES string of the molecule is O=C(O)c1cccc(N=Cc2nc(-c3ccccc3Br)oc2[O-])c1. The Morgan fingerprint density at radius 1 is 1.25 bits per heavy atom. The quantitative estimate of drug-likeness (QED) is 0.691. The molecule has 0 aliphatic carbocycles. The van der Waals surface area contributed by atoms with Crippen molar-refractivity contribution >= 4 is 33.8 Å². The fraction of sp³-hybridized carbons (Fsp3) is 0. The molecule has 0 bridgehead atoms. The first kappa shape index (κ1) is 15.9. The van der Waals surface area contributed by atoms with Gasteiger partial charge < -0.3 is 14.6 Å². The Labute approximate surface area is 145 Å². The summed E-state index contributed by atoms with van der Waals surface area (Å²) in [6.07, 6.45) is 1.26. The van der Waals surface area contributed by atoms with Crippen LogP contribution in [0.15, 0.2) is 62.4 Å².